The van der Waals surface area contributed by atoms with Crippen LogP contribution in [-0.2, 0) is 11.2 Å². The Morgan fingerprint density at radius 2 is 1.81 bits per heavy atom. The van der Waals surface area contributed by atoms with Gasteiger partial charge in [-0.1, -0.05) is 42.0 Å². The summed E-state index contributed by atoms with van der Waals surface area (Å²) in [5.74, 6) is -0.258. The molecule has 1 amide bonds. The fraction of sp³-hybridized carbons (Fsp3) is 0.176. The monoisotopic (exact) mass is 279 g/mol. The first-order valence-electron chi connectivity index (χ1n) is 6.69. The molecule has 0 aromatic heterocycles. The Balaban J connectivity index is 2.03. The van der Waals surface area contributed by atoms with Gasteiger partial charge in [-0.2, -0.15) is 5.26 Å². The first-order valence-corrected chi connectivity index (χ1v) is 6.69. The maximum Gasteiger partial charge on any atom is 0.245 e. The van der Waals surface area contributed by atoms with E-state index in [-0.39, 0.29) is 5.91 Å². The molecule has 0 saturated heterocycles. The molecule has 2 aromatic rings. The Kier molecular flexibility index (Phi) is 4.70. The standard InChI is InChI=1S/C17H17N3O/c1-12-2-6-14(7-3-12)16(19)17(21)20-15-8-4-13(5-9-15)10-11-18/h2-9,16H,10,19H2,1H3,(H,20,21). The molecular weight excluding hydrogens is 262 g/mol. The highest BCUT2D eigenvalue weighted by Gasteiger charge is 2.15. The minimum Gasteiger partial charge on any atom is -0.324 e. The number of nitrogens with zero attached hydrogens (tertiary/aromatic N) is 1. The zero-order chi connectivity index (χ0) is 15.2. The topological polar surface area (TPSA) is 78.9 Å². The lowest BCUT2D eigenvalue weighted by Gasteiger charge is -2.13. The van der Waals surface area contributed by atoms with E-state index in [4.69, 9.17) is 11.0 Å². The highest BCUT2D eigenvalue weighted by atomic mass is 16.2. The van der Waals surface area contributed by atoms with Crippen molar-refractivity contribution in [1.29, 1.82) is 5.26 Å². The number of carbonyl (C=O) groups is 1. The van der Waals surface area contributed by atoms with Crippen molar-refractivity contribution in [2.45, 2.75) is 19.4 Å². The molecular formula is C17H17N3O. The largest absolute Gasteiger partial charge is 0.324 e. The van der Waals surface area contributed by atoms with Gasteiger partial charge in [0.25, 0.3) is 0 Å². The number of nitrogens with one attached hydrogen (secondary N) is 1. The number of amides is 1. The summed E-state index contributed by atoms with van der Waals surface area (Å²) in [6, 6.07) is 16.1. The number of carbonyl (C=O) groups excluding carboxylic acids is 1. The van der Waals surface area contributed by atoms with Crippen LogP contribution in [0.25, 0.3) is 0 Å². The molecule has 0 bridgehead atoms. The smallest absolute Gasteiger partial charge is 0.245 e. The Morgan fingerprint density at radius 3 is 2.38 bits per heavy atom. The summed E-state index contributed by atoms with van der Waals surface area (Å²) in [5, 5.41) is 11.4. The van der Waals surface area contributed by atoms with Crippen molar-refractivity contribution in [3.63, 3.8) is 0 Å². The molecule has 106 valence electrons. The van der Waals surface area contributed by atoms with Crippen molar-refractivity contribution in [3.05, 3.63) is 65.2 Å². The molecule has 0 fully saturated rings. The lowest BCUT2D eigenvalue weighted by Crippen LogP contribution is -2.27. The van der Waals surface area contributed by atoms with Crippen LogP contribution in [0.1, 0.15) is 22.7 Å². The van der Waals surface area contributed by atoms with Crippen LogP contribution in [0, 0.1) is 18.3 Å². The molecule has 1 atom stereocenters. The zero-order valence-corrected chi connectivity index (χ0v) is 11.8. The van der Waals surface area contributed by atoms with Crippen molar-refractivity contribution in [1.82, 2.24) is 0 Å². The second-order valence-corrected chi connectivity index (χ2v) is 4.91. The number of aryl methyl sites for hydroxylation is 1. The summed E-state index contributed by atoms with van der Waals surface area (Å²) in [5.41, 5.74) is 9.45. The maximum atomic E-state index is 12.1. The van der Waals surface area contributed by atoms with Gasteiger partial charge in [0.05, 0.1) is 12.5 Å². The van der Waals surface area contributed by atoms with Gasteiger partial charge in [-0.05, 0) is 30.2 Å². The summed E-state index contributed by atoms with van der Waals surface area (Å²) in [6.45, 7) is 1.98. The first kappa shape index (κ1) is 14.8. The van der Waals surface area contributed by atoms with Gasteiger partial charge in [0.15, 0.2) is 0 Å². The second-order valence-electron chi connectivity index (χ2n) is 4.91. The predicted octanol–water partition coefficient (Wildman–Crippen LogP) is 2.70. The van der Waals surface area contributed by atoms with Crippen molar-refractivity contribution >= 4 is 11.6 Å². The third kappa shape index (κ3) is 3.91. The van der Waals surface area contributed by atoms with Crippen LogP contribution in [0.4, 0.5) is 5.69 Å². The summed E-state index contributed by atoms with van der Waals surface area (Å²) in [6.07, 6.45) is 0.358. The average molecular weight is 279 g/mol. The van der Waals surface area contributed by atoms with Crippen LogP contribution >= 0.6 is 0 Å². The van der Waals surface area contributed by atoms with Crippen LogP contribution < -0.4 is 11.1 Å². The molecule has 4 heteroatoms. The van der Waals surface area contributed by atoms with Crippen molar-refractivity contribution in [2.24, 2.45) is 5.73 Å². The van der Waals surface area contributed by atoms with Crippen molar-refractivity contribution in [2.75, 3.05) is 5.32 Å². The Hall–Kier alpha value is -2.64. The van der Waals surface area contributed by atoms with E-state index in [0.717, 1.165) is 16.7 Å². The lowest BCUT2D eigenvalue weighted by molar-refractivity contribution is -0.117. The molecule has 4 nitrogen and oxygen atoms in total. The van der Waals surface area contributed by atoms with Crippen LogP contribution in [0.2, 0.25) is 0 Å². The van der Waals surface area contributed by atoms with E-state index in [1.807, 2.05) is 43.3 Å². The molecule has 2 rings (SSSR count). The molecule has 2 aromatic carbocycles. The van der Waals surface area contributed by atoms with Crippen molar-refractivity contribution in [3.8, 4) is 6.07 Å². The number of hydrogen-bond acceptors (Lipinski definition) is 3. The quantitative estimate of drug-likeness (QED) is 0.903. The minimum absolute atomic E-state index is 0.258. The molecule has 0 spiro atoms. The number of hydrogen-bond donors (Lipinski definition) is 2. The molecule has 0 radical (unpaired) electrons. The van der Waals surface area contributed by atoms with Gasteiger partial charge in [0.2, 0.25) is 5.91 Å². The van der Waals surface area contributed by atoms with Gasteiger partial charge in [0.1, 0.15) is 6.04 Å². The lowest BCUT2D eigenvalue weighted by atomic mass is 10.1. The number of anilines is 1. The van der Waals surface area contributed by atoms with Gasteiger partial charge < -0.3 is 11.1 Å². The highest BCUT2D eigenvalue weighted by Crippen LogP contribution is 2.15. The van der Waals surface area contributed by atoms with E-state index in [2.05, 4.69) is 11.4 Å². The zero-order valence-electron chi connectivity index (χ0n) is 11.8. The van der Waals surface area contributed by atoms with Gasteiger partial charge in [-0.3, -0.25) is 4.79 Å². The summed E-state index contributed by atoms with van der Waals surface area (Å²) in [4.78, 5) is 12.1. The van der Waals surface area contributed by atoms with E-state index in [0.29, 0.717) is 12.1 Å². The summed E-state index contributed by atoms with van der Waals surface area (Å²) in [7, 11) is 0. The third-order valence-corrected chi connectivity index (χ3v) is 3.22. The van der Waals surface area contributed by atoms with Crippen LogP contribution in [0.15, 0.2) is 48.5 Å². The second kappa shape index (κ2) is 6.69. The minimum atomic E-state index is -0.704. The molecule has 21 heavy (non-hydrogen) atoms. The fourth-order valence-corrected chi connectivity index (χ4v) is 1.94. The number of benzene rings is 2. The van der Waals surface area contributed by atoms with Crippen LogP contribution in [-0.4, -0.2) is 5.91 Å². The molecule has 0 aliphatic heterocycles. The average Bonchev–Trinajstić information content (AvgIpc) is 2.49. The van der Waals surface area contributed by atoms with E-state index >= 15 is 0 Å². The fourth-order valence-electron chi connectivity index (χ4n) is 1.94. The Bertz CT molecular complexity index is 654. The normalized spacial score (nSPS) is 11.5. The molecule has 0 saturated carbocycles. The molecule has 0 heterocycles. The van der Waals surface area contributed by atoms with Crippen LogP contribution in [0.3, 0.4) is 0 Å². The number of rotatable bonds is 4. The van der Waals surface area contributed by atoms with E-state index < -0.39 is 6.04 Å². The van der Waals surface area contributed by atoms with Gasteiger partial charge in [-0.25, -0.2) is 0 Å². The highest BCUT2D eigenvalue weighted by molar-refractivity contribution is 5.95. The Morgan fingerprint density at radius 1 is 1.19 bits per heavy atom. The van der Waals surface area contributed by atoms with Gasteiger partial charge in [0, 0.05) is 5.69 Å². The number of nitriles is 1. The summed E-state index contributed by atoms with van der Waals surface area (Å²) < 4.78 is 0. The number of nitrogens with two attached hydrogens (primary N) is 1. The predicted molar refractivity (Wildman–Crippen MR) is 82.5 cm³/mol. The Labute approximate surface area is 124 Å². The van der Waals surface area contributed by atoms with Crippen molar-refractivity contribution < 1.29 is 4.79 Å². The van der Waals surface area contributed by atoms with E-state index in [9.17, 15) is 4.79 Å². The molecule has 1 unspecified atom stereocenters. The maximum absolute atomic E-state index is 12.1. The molecule has 0 aliphatic carbocycles. The molecule has 0 aliphatic rings. The van der Waals surface area contributed by atoms with E-state index in [1.165, 1.54) is 0 Å². The van der Waals surface area contributed by atoms with Gasteiger partial charge >= 0.3 is 0 Å². The summed E-state index contributed by atoms with van der Waals surface area (Å²) >= 11 is 0. The van der Waals surface area contributed by atoms with E-state index in [1.54, 1.807) is 12.1 Å². The first-order chi connectivity index (χ1) is 10.1. The van der Waals surface area contributed by atoms with Gasteiger partial charge in [-0.15, -0.1) is 0 Å². The third-order valence-electron chi connectivity index (χ3n) is 3.22. The molecule has 3 N–H and O–H groups in total. The SMILES string of the molecule is Cc1ccc(C(N)C(=O)Nc2ccc(CC#N)cc2)cc1. The van der Waals surface area contributed by atoms with Crippen LogP contribution in [0.5, 0.6) is 0 Å².